The Morgan fingerprint density at radius 3 is 2.86 bits per heavy atom. The van der Waals surface area contributed by atoms with Crippen LogP contribution >= 0.6 is 0 Å². The van der Waals surface area contributed by atoms with Gasteiger partial charge in [-0.15, -0.1) is 5.10 Å². The van der Waals surface area contributed by atoms with Gasteiger partial charge in [-0.1, -0.05) is 18.2 Å². The first kappa shape index (κ1) is 13.6. The van der Waals surface area contributed by atoms with Crippen molar-refractivity contribution in [1.82, 2.24) is 20.2 Å². The van der Waals surface area contributed by atoms with Gasteiger partial charge in [0.25, 0.3) is 0 Å². The maximum atomic E-state index is 5.36. The monoisotopic (exact) mass is 286 g/mol. The van der Waals surface area contributed by atoms with E-state index in [1.165, 1.54) is 0 Å². The lowest BCUT2D eigenvalue weighted by Gasteiger charge is -2.19. The zero-order valence-electron chi connectivity index (χ0n) is 12.4. The highest BCUT2D eigenvalue weighted by Crippen LogP contribution is 2.32. The second-order valence-corrected chi connectivity index (χ2v) is 5.90. The van der Waals surface area contributed by atoms with Gasteiger partial charge in [-0.2, -0.15) is 0 Å². The van der Waals surface area contributed by atoms with Gasteiger partial charge in [-0.05, 0) is 48.9 Å². The molecule has 0 aliphatic carbocycles. The third-order valence-corrected chi connectivity index (χ3v) is 3.18. The summed E-state index contributed by atoms with van der Waals surface area (Å²) in [7, 11) is 0. The third kappa shape index (κ3) is 2.89. The van der Waals surface area contributed by atoms with Crippen LogP contribution < -0.4 is 9.47 Å². The van der Waals surface area contributed by atoms with Crippen LogP contribution in [0.5, 0.6) is 11.5 Å². The molecule has 0 spiro atoms. The zero-order chi connectivity index (χ0) is 14.9. The van der Waals surface area contributed by atoms with E-state index in [0.29, 0.717) is 13.2 Å². The highest BCUT2D eigenvalue weighted by atomic mass is 16.7. The number of allylic oxidation sites excluding steroid dienone is 1. The molecular weight excluding hydrogens is 268 g/mol. The molecule has 1 aromatic heterocycles. The van der Waals surface area contributed by atoms with Crippen molar-refractivity contribution in [2.45, 2.75) is 32.7 Å². The average molecular weight is 286 g/mol. The number of rotatable bonds is 3. The molecule has 0 fully saturated rings. The van der Waals surface area contributed by atoms with E-state index >= 15 is 0 Å². The Hall–Kier alpha value is -2.37. The molecule has 2 heterocycles. The molecule has 0 N–H and O–H groups in total. The Kier molecular flexibility index (Phi) is 3.37. The predicted molar refractivity (Wildman–Crippen MR) is 78.1 cm³/mol. The number of hydrogen-bond acceptors (Lipinski definition) is 5. The normalized spacial score (nSPS) is 14.0. The smallest absolute Gasteiger partial charge is 0.231 e. The second-order valence-electron chi connectivity index (χ2n) is 5.90. The maximum absolute atomic E-state index is 5.36. The number of ether oxygens (including phenoxy) is 2. The summed E-state index contributed by atoms with van der Waals surface area (Å²) in [5.41, 5.74) is 0.944. The van der Waals surface area contributed by atoms with Crippen molar-refractivity contribution < 1.29 is 9.47 Å². The number of benzene rings is 1. The van der Waals surface area contributed by atoms with Gasteiger partial charge in [0.1, 0.15) is 0 Å². The van der Waals surface area contributed by atoms with Gasteiger partial charge >= 0.3 is 0 Å². The van der Waals surface area contributed by atoms with Crippen LogP contribution in [0.25, 0.3) is 6.08 Å². The minimum absolute atomic E-state index is 0.120. The zero-order valence-corrected chi connectivity index (χ0v) is 12.4. The van der Waals surface area contributed by atoms with Crippen LogP contribution in [0.4, 0.5) is 0 Å². The maximum Gasteiger partial charge on any atom is 0.231 e. The molecule has 6 heteroatoms. The van der Waals surface area contributed by atoms with E-state index in [1.54, 1.807) is 0 Å². The van der Waals surface area contributed by atoms with Gasteiger partial charge in [-0.25, -0.2) is 4.68 Å². The molecule has 3 rings (SSSR count). The molecule has 1 aliphatic rings. The predicted octanol–water partition coefficient (Wildman–Crippen LogP) is 2.41. The van der Waals surface area contributed by atoms with Crippen molar-refractivity contribution in [2.75, 3.05) is 6.79 Å². The van der Waals surface area contributed by atoms with Crippen LogP contribution in [-0.4, -0.2) is 27.0 Å². The Morgan fingerprint density at radius 2 is 2.05 bits per heavy atom. The number of fused-ring (bicyclic) bond motifs is 1. The molecule has 0 saturated heterocycles. The summed E-state index contributed by atoms with van der Waals surface area (Å²) in [6.07, 6.45) is 4.76. The summed E-state index contributed by atoms with van der Waals surface area (Å²) in [5.74, 6) is 2.43. The fourth-order valence-electron chi connectivity index (χ4n) is 2.17. The topological polar surface area (TPSA) is 62.1 Å². The van der Waals surface area contributed by atoms with Crippen LogP contribution in [0.1, 0.15) is 32.2 Å². The standard InChI is InChI=1S/C15H18N4O2/c1-15(2,3)19-14(16-17-18-19)6-4-5-11-7-8-12-13(9-11)21-10-20-12/h4-5,7-9H,6,10H2,1-3H3/b5-4+. The quantitative estimate of drug-likeness (QED) is 0.867. The molecule has 0 atom stereocenters. The van der Waals surface area contributed by atoms with E-state index in [-0.39, 0.29) is 5.54 Å². The van der Waals surface area contributed by atoms with Crippen LogP contribution in [-0.2, 0) is 12.0 Å². The SMILES string of the molecule is CC(C)(C)n1nnnc1C/C=C/c1ccc2c(c1)OCO2. The van der Waals surface area contributed by atoms with Crippen LogP contribution in [0, 0.1) is 0 Å². The minimum atomic E-state index is -0.120. The molecule has 1 aliphatic heterocycles. The molecule has 0 saturated carbocycles. The summed E-state index contributed by atoms with van der Waals surface area (Å²) in [5, 5.41) is 11.9. The van der Waals surface area contributed by atoms with Crippen LogP contribution in [0.2, 0.25) is 0 Å². The van der Waals surface area contributed by atoms with Crippen molar-refractivity contribution in [3.05, 3.63) is 35.7 Å². The molecule has 21 heavy (non-hydrogen) atoms. The van der Waals surface area contributed by atoms with E-state index in [9.17, 15) is 0 Å². The first-order chi connectivity index (χ1) is 10.0. The van der Waals surface area contributed by atoms with E-state index in [1.807, 2.05) is 35.0 Å². The second kappa shape index (κ2) is 5.20. The number of nitrogens with zero attached hydrogens (tertiary/aromatic N) is 4. The van der Waals surface area contributed by atoms with Crippen molar-refractivity contribution in [1.29, 1.82) is 0 Å². The molecule has 110 valence electrons. The van der Waals surface area contributed by atoms with E-state index < -0.39 is 0 Å². The molecular formula is C15H18N4O2. The van der Waals surface area contributed by atoms with Crippen LogP contribution in [0.15, 0.2) is 24.3 Å². The summed E-state index contributed by atoms with van der Waals surface area (Å²) in [6, 6.07) is 5.88. The van der Waals surface area contributed by atoms with Gasteiger partial charge in [0.2, 0.25) is 6.79 Å². The number of aromatic nitrogens is 4. The Balaban J connectivity index is 1.72. The Labute approximate surface area is 123 Å². The molecule has 6 nitrogen and oxygen atoms in total. The van der Waals surface area contributed by atoms with E-state index in [4.69, 9.17) is 9.47 Å². The average Bonchev–Trinajstić information content (AvgIpc) is 3.05. The summed E-state index contributed by atoms with van der Waals surface area (Å²) >= 11 is 0. The van der Waals surface area contributed by atoms with Gasteiger partial charge in [-0.3, -0.25) is 0 Å². The van der Waals surface area contributed by atoms with Crippen molar-refractivity contribution in [3.8, 4) is 11.5 Å². The van der Waals surface area contributed by atoms with Gasteiger partial charge in [0.05, 0.1) is 5.54 Å². The van der Waals surface area contributed by atoms with Gasteiger partial charge < -0.3 is 9.47 Å². The first-order valence-corrected chi connectivity index (χ1v) is 6.88. The molecule has 0 radical (unpaired) electrons. The van der Waals surface area contributed by atoms with Crippen molar-refractivity contribution in [3.63, 3.8) is 0 Å². The lowest BCUT2D eigenvalue weighted by atomic mass is 10.1. The first-order valence-electron chi connectivity index (χ1n) is 6.88. The fraction of sp³-hybridized carbons (Fsp3) is 0.400. The molecule has 2 aromatic rings. The Morgan fingerprint density at radius 1 is 1.24 bits per heavy atom. The summed E-state index contributed by atoms with van der Waals surface area (Å²) in [4.78, 5) is 0. The molecule has 0 bridgehead atoms. The summed E-state index contributed by atoms with van der Waals surface area (Å²) in [6.45, 7) is 6.53. The molecule has 0 unspecified atom stereocenters. The fourth-order valence-corrected chi connectivity index (χ4v) is 2.17. The van der Waals surface area contributed by atoms with Gasteiger partial charge in [0.15, 0.2) is 17.3 Å². The molecule has 0 amide bonds. The lowest BCUT2D eigenvalue weighted by molar-refractivity contribution is 0.174. The van der Waals surface area contributed by atoms with Crippen molar-refractivity contribution >= 4 is 6.08 Å². The van der Waals surface area contributed by atoms with E-state index in [0.717, 1.165) is 22.9 Å². The number of tetrazole rings is 1. The third-order valence-electron chi connectivity index (χ3n) is 3.18. The highest BCUT2D eigenvalue weighted by Gasteiger charge is 2.18. The van der Waals surface area contributed by atoms with E-state index in [2.05, 4.69) is 36.3 Å². The Bertz CT molecular complexity index is 671. The summed E-state index contributed by atoms with van der Waals surface area (Å²) < 4.78 is 12.5. The lowest BCUT2D eigenvalue weighted by Crippen LogP contribution is -2.25. The largest absolute Gasteiger partial charge is 0.454 e. The number of hydrogen-bond donors (Lipinski definition) is 0. The minimum Gasteiger partial charge on any atom is -0.454 e. The molecule has 1 aromatic carbocycles. The van der Waals surface area contributed by atoms with Crippen molar-refractivity contribution in [2.24, 2.45) is 0 Å². The van der Waals surface area contributed by atoms with Gasteiger partial charge in [0, 0.05) is 6.42 Å². The highest BCUT2D eigenvalue weighted by molar-refractivity contribution is 5.56. The van der Waals surface area contributed by atoms with Crippen LogP contribution in [0.3, 0.4) is 0 Å².